The molecule has 0 aliphatic carbocycles. The zero-order valence-electron chi connectivity index (χ0n) is 20.0. The van der Waals surface area contributed by atoms with Crippen LogP contribution in [0.25, 0.3) is 0 Å². The molecule has 7 nitrogen and oxygen atoms in total. The number of hydrogen-bond donors (Lipinski definition) is 1. The Kier molecular flexibility index (Phi) is 9.00. The van der Waals surface area contributed by atoms with Gasteiger partial charge in [0, 0.05) is 24.0 Å². The highest BCUT2D eigenvalue weighted by Crippen LogP contribution is 2.35. The standard InChI is InChI=1S/C25H35N3O4S/c1-5-13-26-25(30)28(18(3)6-2)16-24(29)27-14-11-23-19(12-15-33-23)20(27)17-32-22-10-8-7-9-21(22)31-4/h7-10,12,15,18,20H,5-6,11,13-14,16-17H2,1-4H3,(H,26,30)/t18-,20+/m1/s1. The van der Waals surface area contributed by atoms with E-state index in [2.05, 4.69) is 16.8 Å². The summed E-state index contributed by atoms with van der Waals surface area (Å²) < 4.78 is 11.6. The van der Waals surface area contributed by atoms with Crippen molar-refractivity contribution in [1.29, 1.82) is 0 Å². The van der Waals surface area contributed by atoms with Crippen molar-refractivity contribution in [2.45, 2.75) is 52.1 Å². The number of nitrogens with one attached hydrogen (secondary N) is 1. The van der Waals surface area contributed by atoms with Crippen molar-refractivity contribution >= 4 is 23.3 Å². The molecule has 1 aliphatic heterocycles. The number of ether oxygens (including phenoxy) is 2. The van der Waals surface area contributed by atoms with Crippen LogP contribution in [-0.2, 0) is 11.2 Å². The Morgan fingerprint density at radius 2 is 2.00 bits per heavy atom. The summed E-state index contributed by atoms with van der Waals surface area (Å²) in [6.45, 7) is 7.59. The van der Waals surface area contributed by atoms with E-state index in [4.69, 9.17) is 9.47 Å². The van der Waals surface area contributed by atoms with E-state index < -0.39 is 0 Å². The van der Waals surface area contributed by atoms with Gasteiger partial charge in [-0.1, -0.05) is 26.0 Å². The van der Waals surface area contributed by atoms with Gasteiger partial charge in [0.25, 0.3) is 0 Å². The van der Waals surface area contributed by atoms with E-state index in [0.29, 0.717) is 31.2 Å². The van der Waals surface area contributed by atoms with Crippen LogP contribution >= 0.6 is 11.3 Å². The topological polar surface area (TPSA) is 71.1 Å². The van der Waals surface area contributed by atoms with Gasteiger partial charge in [-0.15, -0.1) is 11.3 Å². The Labute approximate surface area is 200 Å². The number of thiophene rings is 1. The van der Waals surface area contributed by atoms with Gasteiger partial charge in [0.1, 0.15) is 13.2 Å². The summed E-state index contributed by atoms with van der Waals surface area (Å²) >= 11 is 1.72. The molecule has 2 aromatic rings. The maximum atomic E-state index is 13.5. The molecule has 0 bridgehead atoms. The first-order chi connectivity index (χ1) is 16.0. The van der Waals surface area contributed by atoms with Crippen LogP contribution in [0.15, 0.2) is 35.7 Å². The fourth-order valence-corrected chi connectivity index (χ4v) is 4.93. The highest BCUT2D eigenvalue weighted by molar-refractivity contribution is 7.10. The number of urea groups is 1. The lowest BCUT2D eigenvalue weighted by molar-refractivity contribution is -0.135. The predicted octanol–water partition coefficient (Wildman–Crippen LogP) is 4.48. The molecule has 0 radical (unpaired) electrons. The number of amides is 3. The molecule has 3 rings (SSSR count). The molecule has 1 N–H and O–H groups in total. The van der Waals surface area contributed by atoms with Crippen LogP contribution in [0.4, 0.5) is 4.79 Å². The molecule has 2 atom stereocenters. The average molecular weight is 474 g/mol. The van der Waals surface area contributed by atoms with Gasteiger partial charge in [0.15, 0.2) is 11.5 Å². The Hall–Kier alpha value is -2.74. The smallest absolute Gasteiger partial charge is 0.318 e. The summed E-state index contributed by atoms with van der Waals surface area (Å²) in [6.07, 6.45) is 2.44. The van der Waals surface area contributed by atoms with Gasteiger partial charge in [0.2, 0.25) is 5.91 Å². The molecular weight excluding hydrogens is 438 g/mol. The van der Waals surface area contributed by atoms with E-state index in [0.717, 1.165) is 24.8 Å². The lowest BCUT2D eigenvalue weighted by Crippen LogP contribution is -2.52. The second-order valence-electron chi connectivity index (χ2n) is 8.23. The van der Waals surface area contributed by atoms with E-state index in [-0.39, 0.29) is 30.6 Å². The van der Waals surface area contributed by atoms with E-state index in [1.54, 1.807) is 23.3 Å². The number of rotatable bonds is 10. The zero-order chi connectivity index (χ0) is 23.8. The van der Waals surface area contributed by atoms with Crippen LogP contribution in [0.2, 0.25) is 0 Å². The second-order valence-corrected chi connectivity index (χ2v) is 9.23. The first kappa shape index (κ1) is 24.9. The van der Waals surface area contributed by atoms with Crippen LogP contribution in [0.1, 0.15) is 50.1 Å². The average Bonchev–Trinajstić information content (AvgIpc) is 3.33. The molecule has 3 amide bonds. The Morgan fingerprint density at radius 3 is 2.70 bits per heavy atom. The molecule has 0 spiro atoms. The Balaban J connectivity index is 1.78. The van der Waals surface area contributed by atoms with Gasteiger partial charge in [-0.3, -0.25) is 4.79 Å². The summed E-state index contributed by atoms with van der Waals surface area (Å²) in [6, 6.07) is 9.16. The van der Waals surface area contributed by atoms with Crippen molar-refractivity contribution in [3.8, 4) is 11.5 Å². The molecule has 1 aliphatic rings. The first-order valence-corrected chi connectivity index (χ1v) is 12.5. The van der Waals surface area contributed by atoms with Crippen LogP contribution in [0.5, 0.6) is 11.5 Å². The maximum Gasteiger partial charge on any atom is 0.318 e. The lowest BCUT2D eigenvalue weighted by atomic mass is 10.00. The van der Waals surface area contributed by atoms with Gasteiger partial charge in [0.05, 0.1) is 13.2 Å². The minimum atomic E-state index is -0.213. The van der Waals surface area contributed by atoms with Gasteiger partial charge in [-0.2, -0.15) is 0 Å². The molecule has 33 heavy (non-hydrogen) atoms. The van der Waals surface area contributed by atoms with E-state index in [1.165, 1.54) is 4.88 Å². The summed E-state index contributed by atoms with van der Waals surface area (Å²) in [5.74, 6) is 1.25. The number of hydrogen-bond acceptors (Lipinski definition) is 5. The minimum Gasteiger partial charge on any atom is -0.493 e. The number of carbonyl (C=O) groups excluding carboxylic acids is 2. The van der Waals surface area contributed by atoms with E-state index >= 15 is 0 Å². The van der Waals surface area contributed by atoms with Crippen LogP contribution in [0, 0.1) is 0 Å². The van der Waals surface area contributed by atoms with Crippen LogP contribution in [0.3, 0.4) is 0 Å². The third-order valence-electron chi connectivity index (χ3n) is 6.10. The van der Waals surface area contributed by atoms with Gasteiger partial charge in [-0.05, 0) is 55.3 Å². The third-order valence-corrected chi connectivity index (χ3v) is 7.09. The first-order valence-electron chi connectivity index (χ1n) is 11.7. The molecule has 1 aromatic carbocycles. The highest BCUT2D eigenvalue weighted by atomic mass is 32.1. The zero-order valence-corrected chi connectivity index (χ0v) is 20.8. The normalized spacial score (nSPS) is 16.0. The van der Waals surface area contributed by atoms with Gasteiger partial charge < -0.3 is 24.6 Å². The summed E-state index contributed by atoms with van der Waals surface area (Å²) in [5, 5.41) is 4.99. The number of para-hydroxylation sites is 2. The number of nitrogens with zero attached hydrogens (tertiary/aromatic N) is 2. The fourth-order valence-electron chi connectivity index (χ4n) is 4.00. The minimum absolute atomic E-state index is 0.0319. The SMILES string of the molecule is CCCNC(=O)N(CC(=O)N1CCc2sccc2[C@@H]1COc1ccccc1OC)[C@H](C)CC. The Morgan fingerprint density at radius 1 is 1.24 bits per heavy atom. The highest BCUT2D eigenvalue weighted by Gasteiger charge is 2.34. The molecular formula is C25H35N3O4S. The number of fused-ring (bicyclic) bond motifs is 1. The number of methoxy groups -OCH3 is 1. The van der Waals surface area contributed by atoms with Gasteiger partial charge in [-0.25, -0.2) is 4.79 Å². The second kappa shape index (κ2) is 11.9. The molecule has 0 unspecified atom stereocenters. The van der Waals surface area contributed by atoms with Crippen molar-refractivity contribution in [2.75, 3.05) is 33.4 Å². The molecule has 8 heteroatoms. The predicted molar refractivity (Wildman–Crippen MR) is 131 cm³/mol. The van der Waals surface area contributed by atoms with Crippen molar-refractivity contribution in [3.05, 3.63) is 46.2 Å². The summed E-state index contributed by atoms with van der Waals surface area (Å²) in [4.78, 5) is 31.1. The van der Waals surface area contributed by atoms with Crippen molar-refractivity contribution in [3.63, 3.8) is 0 Å². The lowest BCUT2D eigenvalue weighted by Gasteiger charge is -2.38. The molecule has 2 heterocycles. The summed E-state index contributed by atoms with van der Waals surface area (Å²) in [5.41, 5.74) is 1.13. The van der Waals surface area contributed by atoms with E-state index in [9.17, 15) is 9.59 Å². The van der Waals surface area contributed by atoms with E-state index in [1.807, 2.05) is 49.9 Å². The molecule has 0 saturated heterocycles. The number of carbonyl (C=O) groups is 2. The Bertz CT molecular complexity index is 932. The summed E-state index contributed by atoms with van der Waals surface area (Å²) in [7, 11) is 1.61. The maximum absolute atomic E-state index is 13.5. The van der Waals surface area contributed by atoms with Crippen molar-refractivity contribution in [1.82, 2.24) is 15.1 Å². The molecule has 180 valence electrons. The fraction of sp³-hybridized carbons (Fsp3) is 0.520. The third kappa shape index (κ3) is 5.99. The van der Waals surface area contributed by atoms with Crippen LogP contribution in [-0.4, -0.2) is 61.1 Å². The number of benzene rings is 1. The van der Waals surface area contributed by atoms with Crippen molar-refractivity contribution in [2.24, 2.45) is 0 Å². The molecule has 0 fully saturated rings. The monoisotopic (exact) mass is 473 g/mol. The quantitative estimate of drug-likeness (QED) is 0.552. The van der Waals surface area contributed by atoms with Crippen LogP contribution < -0.4 is 14.8 Å². The largest absolute Gasteiger partial charge is 0.493 e. The van der Waals surface area contributed by atoms with Gasteiger partial charge >= 0.3 is 6.03 Å². The molecule has 0 saturated carbocycles. The molecule has 1 aromatic heterocycles. The van der Waals surface area contributed by atoms with Crippen molar-refractivity contribution < 1.29 is 19.1 Å².